The second kappa shape index (κ2) is 15.2. The van der Waals surface area contributed by atoms with E-state index in [0.717, 1.165) is 0 Å². The third-order valence-electron chi connectivity index (χ3n) is 5.78. The molecule has 0 saturated heterocycles. The summed E-state index contributed by atoms with van der Waals surface area (Å²) < 4.78 is -1.49. The van der Waals surface area contributed by atoms with Crippen molar-refractivity contribution in [3.8, 4) is 0 Å². The molecule has 0 amide bonds. The molecule has 0 aliphatic rings. The van der Waals surface area contributed by atoms with E-state index in [0.29, 0.717) is 0 Å². The minimum absolute atomic E-state index is 1.37. The summed E-state index contributed by atoms with van der Waals surface area (Å²) in [5, 5.41) is 0. The van der Waals surface area contributed by atoms with Crippen molar-refractivity contribution in [2.24, 2.45) is 0 Å². The zero-order valence-electron chi connectivity index (χ0n) is 17.6. The maximum atomic E-state index is 3.12. The summed E-state index contributed by atoms with van der Waals surface area (Å²) in [4.78, 5) is 0. The molecule has 0 saturated carbocycles. The second-order valence-corrected chi connectivity index (χ2v) is 21.9. The first-order valence-corrected chi connectivity index (χ1v) is 17.0. The molecule has 0 fully saturated rings. The standard InChI is InChI=1S/C22H48IP/c1-5-9-13-16-20-24(23,19-12-8-4,21-17-14-10-6-2)22-18-15-11-7-3/h5-22H2,1-4H3. The van der Waals surface area contributed by atoms with Gasteiger partial charge in [0, 0.05) is 0 Å². The fraction of sp³-hybridized carbons (Fsp3) is 1.00. The van der Waals surface area contributed by atoms with Crippen molar-refractivity contribution >= 4 is 26.3 Å². The van der Waals surface area contributed by atoms with E-state index in [-0.39, 0.29) is 0 Å². The van der Waals surface area contributed by atoms with Crippen LogP contribution in [0.1, 0.15) is 118 Å². The third-order valence-corrected chi connectivity index (χ3v) is 17.3. The topological polar surface area (TPSA) is 0 Å². The molecule has 0 aliphatic carbocycles. The maximum absolute atomic E-state index is 3.12. The molecule has 0 nitrogen and oxygen atoms in total. The minimum atomic E-state index is -1.49. The molecule has 0 atom stereocenters. The van der Waals surface area contributed by atoms with Crippen LogP contribution in [0.3, 0.4) is 0 Å². The molecule has 24 heavy (non-hydrogen) atoms. The van der Waals surface area contributed by atoms with E-state index < -0.39 is 4.25 Å². The van der Waals surface area contributed by atoms with Gasteiger partial charge in [-0.1, -0.05) is 0 Å². The van der Waals surface area contributed by atoms with Crippen LogP contribution < -0.4 is 0 Å². The van der Waals surface area contributed by atoms with Gasteiger partial charge < -0.3 is 0 Å². The SMILES string of the molecule is CCCCCCP(I)(CCCC)(CCCCCC)CCCCCC. The summed E-state index contributed by atoms with van der Waals surface area (Å²) in [5.74, 6) is 0. The number of hydrogen-bond donors (Lipinski definition) is 0. The molecule has 0 heterocycles. The van der Waals surface area contributed by atoms with Crippen LogP contribution in [-0.4, -0.2) is 24.6 Å². The molecule has 0 unspecified atom stereocenters. The first kappa shape index (κ1) is 25.2. The van der Waals surface area contributed by atoms with E-state index in [4.69, 9.17) is 0 Å². The Labute approximate surface area is 168 Å². The Morgan fingerprint density at radius 1 is 0.417 bits per heavy atom. The van der Waals surface area contributed by atoms with Gasteiger partial charge in [0.1, 0.15) is 0 Å². The van der Waals surface area contributed by atoms with Crippen LogP contribution in [0.25, 0.3) is 0 Å². The van der Waals surface area contributed by atoms with Gasteiger partial charge >= 0.3 is 169 Å². The van der Waals surface area contributed by atoms with Gasteiger partial charge in [-0.25, -0.2) is 0 Å². The van der Waals surface area contributed by atoms with Crippen molar-refractivity contribution in [2.45, 2.75) is 118 Å². The van der Waals surface area contributed by atoms with Crippen molar-refractivity contribution in [3.63, 3.8) is 0 Å². The van der Waals surface area contributed by atoms with Gasteiger partial charge in [0.15, 0.2) is 0 Å². The van der Waals surface area contributed by atoms with Crippen LogP contribution >= 0.6 is 26.3 Å². The van der Waals surface area contributed by atoms with Gasteiger partial charge in [-0.3, -0.25) is 0 Å². The number of hydrogen-bond acceptors (Lipinski definition) is 0. The van der Waals surface area contributed by atoms with Crippen molar-refractivity contribution in [1.82, 2.24) is 0 Å². The van der Waals surface area contributed by atoms with E-state index >= 15 is 0 Å². The Hall–Kier alpha value is 1.16. The molecule has 0 aliphatic heterocycles. The van der Waals surface area contributed by atoms with E-state index in [9.17, 15) is 0 Å². The molecule has 0 rings (SSSR count). The van der Waals surface area contributed by atoms with Crippen molar-refractivity contribution in [1.29, 1.82) is 0 Å². The van der Waals surface area contributed by atoms with E-state index in [2.05, 4.69) is 49.7 Å². The van der Waals surface area contributed by atoms with Crippen molar-refractivity contribution in [2.75, 3.05) is 24.6 Å². The Morgan fingerprint density at radius 2 is 0.708 bits per heavy atom. The summed E-state index contributed by atoms with van der Waals surface area (Å²) in [6.45, 7) is 9.42. The molecule has 0 spiro atoms. The Bertz CT molecular complexity index is 243. The van der Waals surface area contributed by atoms with Crippen molar-refractivity contribution in [3.05, 3.63) is 0 Å². The Kier molecular flexibility index (Phi) is 16.0. The molecule has 0 radical (unpaired) electrons. The number of rotatable bonds is 18. The molecular formula is C22H48IP. The zero-order chi connectivity index (χ0) is 18.2. The van der Waals surface area contributed by atoms with E-state index in [1.807, 2.05) is 0 Å². The van der Waals surface area contributed by atoms with Gasteiger partial charge in [-0.05, 0) is 0 Å². The van der Waals surface area contributed by atoms with Crippen LogP contribution in [0.2, 0.25) is 0 Å². The quantitative estimate of drug-likeness (QED) is 0.106. The molecule has 0 aromatic rings. The zero-order valence-corrected chi connectivity index (χ0v) is 20.6. The van der Waals surface area contributed by atoms with Gasteiger partial charge in [0.25, 0.3) is 0 Å². The van der Waals surface area contributed by atoms with Crippen LogP contribution in [0.15, 0.2) is 0 Å². The Balaban J connectivity index is 4.85. The average molecular weight is 471 g/mol. The molecule has 2 heteroatoms. The van der Waals surface area contributed by atoms with Crippen molar-refractivity contribution < 1.29 is 0 Å². The predicted molar refractivity (Wildman–Crippen MR) is 128 cm³/mol. The van der Waals surface area contributed by atoms with E-state index in [1.54, 1.807) is 24.6 Å². The van der Waals surface area contributed by atoms with Gasteiger partial charge in [0.2, 0.25) is 0 Å². The van der Waals surface area contributed by atoms with Crippen LogP contribution in [0, 0.1) is 0 Å². The Morgan fingerprint density at radius 3 is 1.00 bits per heavy atom. The first-order chi connectivity index (χ1) is 11.5. The van der Waals surface area contributed by atoms with Crippen LogP contribution in [0.5, 0.6) is 0 Å². The fourth-order valence-electron chi connectivity index (χ4n) is 4.03. The third kappa shape index (κ3) is 11.7. The summed E-state index contributed by atoms with van der Waals surface area (Å²) in [6, 6.07) is 0. The van der Waals surface area contributed by atoms with Gasteiger partial charge in [0.05, 0.1) is 0 Å². The second-order valence-electron chi connectivity index (χ2n) is 8.25. The monoisotopic (exact) mass is 470 g/mol. The van der Waals surface area contributed by atoms with Gasteiger partial charge in [-0.2, -0.15) is 0 Å². The predicted octanol–water partition coefficient (Wildman–Crippen LogP) is 9.43. The number of halogens is 1. The number of unbranched alkanes of at least 4 members (excludes halogenated alkanes) is 10. The summed E-state index contributed by atoms with van der Waals surface area (Å²) in [5.41, 5.74) is 0. The normalized spacial score (nSPS) is 13.8. The van der Waals surface area contributed by atoms with E-state index in [1.165, 1.54) is 89.9 Å². The molecule has 0 N–H and O–H groups in total. The van der Waals surface area contributed by atoms with Crippen LogP contribution in [-0.2, 0) is 0 Å². The summed E-state index contributed by atoms with van der Waals surface area (Å²) in [7, 11) is 0. The average Bonchev–Trinajstić information content (AvgIpc) is 2.59. The first-order valence-electron chi connectivity index (χ1n) is 11.3. The molecule has 0 aromatic heterocycles. The van der Waals surface area contributed by atoms with Crippen LogP contribution in [0.4, 0.5) is 0 Å². The molecule has 148 valence electrons. The molecule has 0 bridgehead atoms. The molecular weight excluding hydrogens is 422 g/mol. The molecule has 0 aromatic carbocycles. The summed E-state index contributed by atoms with van der Waals surface area (Å²) in [6.07, 6.45) is 26.7. The fourth-order valence-corrected chi connectivity index (χ4v) is 13.6. The van der Waals surface area contributed by atoms with Gasteiger partial charge in [-0.15, -0.1) is 0 Å². The summed E-state index contributed by atoms with van der Waals surface area (Å²) >= 11 is 3.12.